The summed E-state index contributed by atoms with van der Waals surface area (Å²) in [6, 6.07) is 0. The Morgan fingerprint density at radius 1 is 1.31 bits per heavy atom. The first-order chi connectivity index (χ1) is 5.27. The van der Waals surface area contributed by atoms with E-state index in [0.29, 0.717) is 11.8 Å². The van der Waals surface area contributed by atoms with Crippen LogP contribution in [0.1, 0.15) is 13.3 Å². The first-order valence-corrected chi connectivity index (χ1v) is 5.66. The molecular weight excluding hydrogens is 231 g/mol. The van der Waals surface area contributed by atoms with Crippen molar-refractivity contribution in [3.8, 4) is 0 Å². The molecule has 0 bridgehead atoms. The van der Waals surface area contributed by atoms with Crippen molar-refractivity contribution in [1.82, 2.24) is 0 Å². The predicted molar refractivity (Wildman–Crippen MR) is 39.1 cm³/mol. The summed E-state index contributed by atoms with van der Waals surface area (Å²) in [6.45, 7) is 1.64. The van der Waals surface area contributed by atoms with E-state index in [0.717, 1.165) is 6.08 Å². The average molecular weight is 238 g/mol. The van der Waals surface area contributed by atoms with Crippen molar-refractivity contribution in [2.75, 3.05) is 0 Å². The molecule has 0 fully saturated rings. The fourth-order valence-electron chi connectivity index (χ4n) is 0.353. The minimum Gasteiger partial charge on any atom is -0.725 e. The van der Waals surface area contributed by atoms with Gasteiger partial charge in [0, 0.05) is 0 Å². The molecule has 0 N–H and O–H groups in total. The normalized spacial score (nSPS) is 12.8. The number of hydrogen-bond donors (Lipinski definition) is 0. The smallest absolute Gasteiger partial charge is 0.725 e. The maximum atomic E-state index is 10.5. The van der Waals surface area contributed by atoms with Crippen LogP contribution in [-0.4, -0.2) is 21.4 Å². The second kappa shape index (κ2) is 6.12. The van der Waals surface area contributed by atoms with Gasteiger partial charge in [0.15, 0.2) is 0 Å². The Kier molecular flexibility index (Phi) is 7.54. The molecule has 72 valence electrons. The summed E-state index contributed by atoms with van der Waals surface area (Å²) in [5, 5.41) is 0.516. The Hall–Kier alpha value is 0.560. The van der Waals surface area contributed by atoms with Gasteiger partial charge in [0.05, 0.1) is 5.41 Å². The van der Waals surface area contributed by atoms with Gasteiger partial charge in [-0.05, 0) is 6.42 Å². The van der Waals surface area contributed by atoms with Crippen LogP contribution >= 0.6 is 0 Å². The number of allylic oxidation sites excluding steroid dienone is 1. The minimum absolute atomic E-state index is 0. The Morgan fingerprint density at radius 2 is 1.77 bits per heavy atom. The summed E-state index contributed by atoms with van der Waals surface area (Å²) in [5.41, 5.74) is 0. The zero-order chi connectivity index (χ0) is 9.83. The molecule has 9 heteroatoms. The maximum absolute atomic E-state index is 10.5. The zero-order valence-corrected chi connectivity index (χ0v) is 10.8. The quantitative estimate of drug-likeness (QED) is 0.289. The molecule has 0 aromatic rings. The van der Waals surface area contributed by atoms with Gasteiger partial charge in [-0.1, -0.05) is 13.0 Å². The van der Waals surface area contributed by atoms with E-state index in [-0.39, 0.29) is 29.6 Å². The molecule has 0 aliphatic heterocycles. The molecular formula is C4H7NaO6S2. The van der Waals surface area contributed by atoms with Crippen molar-refractivity contribution in [1.29, 1.82) is 0 Å². The fraction of sp³-hybridized carbons (Fsp3) is 0.500. The molecule has 0 unspecified atom stereocenters. The summed E-state index contributed by atoms with van der Waals surface area (Å²) in [5.74, 6) is 0. The van der Waals surface area contributed by atoms with Gasteiger partial charge in [-0.25, -0.2) is 8.42 Å². The van der Waals surface area contributed by atoms with Crippen LogP contribution in [0.3, 0.4) is 0 Å². The first kappa shape index (κ1) is 16.0. The van der Waals surface area contributed by atoms with Crippen LogP contribution in [0.15, 0.2) is 11.5 Å². The topological polar surface area (TPSA) is 101 Å². The van der Waals surface area contributed by atoms with E-state index < -0.39 is 20.5 Å². The van der Waals surface area contributed by atoms with E-state index in [1.54, 1.807) is 6.92 Å². The third-order valence-electron chi connectivity index (χ3n) is 0.677. The van der Waals surface area contributed by atoms with E-state index in [9.17, 15) is 21.4 Å². The van der Waals surface area contributed by atoms with Gasteiger partial charge >= 0.3 is 39.7 Å². The largest absolute Gasteiger partial charge is 1.00 e. The molecule has 6 nitrogen and oxygen atoms in total. The summed E-state index contributed by atoms with van der Waals surface area (Å²) in [6.07, 6.45) is 1.54. The molecule has 13 heavy (non-hydrogen) atoms. The molecule has 0 saturated carbocycles. The minimum atomic E-state index is -5.20. The van der Waals surface area contributed by atoms with Crippen LogP contribution < -0.4 is 29.6 Å². The van der Waals surface area contributed by atoms with E-state index >= 15 is 0 Å². The zero-order valence-electron chi connectivity index (χ0n) is 7.13. The first-order valence-electron chi connectivity index (χ1n) is 2.85. The van der Waals surface area contributed by atoms with Crippen LogP contribution in [-0.2, 0) is 24.1 Å². The van der Waals surface area contributed by atoms with Crippen molar-refractivity contribution in [2.45, 2.75) is 13.3 Å². The monoisotopic (exact) mass is 238 g/mol. The van der Waals surface area contributed by atoms with E-state index in [2.05, 4.69) is 3.63 Å². The van der Waals surface area contributed by atoms with Gasteiger partial charge in [0.2, 0.25) is 10.4 Å². The molecule has 0 radical (unpaired) electrons. The van der Waals surface area contributed by atoms with Crippen LogP contribution in [0.25, 0.3) is 0 Å². The molecule has 0 aliphatic rings. The van der Waals surface area contributed by atoms with Crippen molar-refractivity contribution < 1.29 is 54.6 Å². The number of hydrogen-bond acceptors (Lipinski definition) is 6. The Morgan fingerprint density at radius 3 is 2.08 bits per heavy atom. The van der Waals surface area contributed by atoms with Crippen molar-refractivity contribution in [3.05, 3.63) is 11.5 Å². The Balaban J connectivity index is 0. The van der Waals surface area contributed by atoms with Gasteiger partial charge < -0.3 is 4.55 Å². The third kappa shape index (κ3) is 10.5. The molecule has 0 atom stereocenters. The van der Waals surface area contributed by atoms with Gasteiger partial charge in [-0.2, -0.15) is 12.0 Å². The molecule has 0 saturated heterocycles. The average Bonchev–Trinajstić information content (AvgIpc) is 1.78. The van der Waals surface area contributed by atoms with Gasteiger partial charge in [-0.15, -0.1) is 0 Å². The summed E-state index contributed by atoms with van der Waals surface area (Å²) in [7, 11) is -9.58. The standard InChI is InChI=1S/C4H8O6S2.Na/c1-2-3-4-11(5,6)10-12(7,8)9;/h3-4H,2H2,1H3,(H,7,8,9);/q;+1/p-1. The van der Waals surface area contributed by atoms with Crippen LogP contribution in [0.2, 0.25) is 0 Å². The van der Waals surface area contributed by atoms with Crippen molar-refractivity contribution >= 4 is 20.5 Å². The van der Waals surface area contributed by atoms with Gasteiger partial charge in [-0.3, -0.25) is 0 Å². The molecule has 0 amide bonds. The van der Waals surface area contributed by atoms with Crippen LogP contribution in [0.5, 0.6) is 0 Å². The van der Waals surface area contributed by atoms with E-state index in [1.807, 2.05) is 0 Å². The van der Waals surface area contributed by atoms with Gasteiger partial charge in [0.1, 0.15) is 0 Å². The molecule has 0 rings (SSSR count). The fourth-order valence-corrected chi connectivity index (χ4v) is 1.89. The van der Waals surface area contributed by atoms with Crippen LogP contribution in [0, 0.1) is 0 Å². The second-order valence-electron chi connectivity index (χ2n) is 1.75. The molecule has 0 heterocycles. The molecule has 0 spiro atoms. The maximum Gasteiger partial charge on any atom is 1.00 e. The Bertz CT molecular complexity index is 352. The summed E-state index contributed by atoms with van der Waals surface area (Å²) < 4.78 is 53.7. The second-order valence-corrected chi connectivity index (χ2v) is 4.37. The van der Waals surface area contributed by atoms with Crippen molar-refractivity contribution in [3.63, 3.8) is 0 Å². The molecule has 0 aromatic carbocycles. The van der Waals surface area contributed by atoms with Gasteiger partial charge in [0.25, 0.3) is 0 Å². The summed E-state index contributed by atoms with van der Waals surface area (Å²) >= 11 is 0. The number of rotatable bonds is 4. The third-order valence-corrected chi connectivity index (χ3v) is 2.63. The Labute approximate surface area is 99.3 Å². The van der Waals surface area contributed by atoms with E-state index in [1.165, 1.54) is 0 Å². The van der Waals surface area contributed by atoms with E-state index in [4.69, 9.17) is 0 Å². The predicted octanol–water partition coefficient (Wildman–Crippen LogP) is -3.28. The van der Waals surface area contributed by atoms with Crippen molar-refractivity contribution in [2.24, 2.45) is 0 Å². The molecule has 0 aromatic heterocycles. The SMILES string of the molecule is CCC=CS(=O)(=O)OS(=O)(=O)[O-].[Na+]. The molecule has 0 aliphatic carbocycles. The summed E-state index contributed by atoms with van der Waals surface area (Å²) in [4.78, 5) is 0. The van der Waals surface area contributed by atoms with Crippen LogP contribution in [0.4, 0.5) is 0 Å².